The minimum absolute atomic E-state index is 0.0489. The molecule has 0 N–H and O–H groups in total. The maximum absolute atomic E-state index is 11.9. The quantitative estimate of drug-likeness (QED) is 0.570. The Hall–Kier alpha value is -0.660. The first-order chi connectivity index (χ1) is 6.91. The third-order valence-corrected chi connectivity index (χ3v) is 4.79. The number of ketones is 2. The Morgan fingerprint density at radius 3 is 1.53 bits per heavy atom. The normalized spacial score (nSPS) is 53.5. The molecule has 4 saturated carbocycles. The summed E-state index contributed by atoms with van der Waals surface area (Å²) < 4.78 is 0. The molecule has 4 aliphatic carbocycles. The maximum atomic E-state index is 11.9. The van der Waals surface area contributed by atoms with Crippen molar-refractivity contribution in [2.24, 2.45) is 22.7 Å². The van der Waals surface area contributed by atoms with E-state index in [2.05, 4.69) is 13.8 Å². The SMILES string of the molecule is CC12CC3CC(C)(CC(C1)C(=O)C3=O)C2. The average Bonchev–Trinajstić information content (AvgIpc) is 2.18. The van der Waals surface area contributed by atoms with Gasteiger partial charge in [0.1, 0.15) is 0 Å². The lowest BCUT2D eigenvalue weighted by Gasteiger charge is -2.51. The van der Waals surface area contributed by atoms with Crippen molar-refractivity contribution in [3.63, 3.8) is 0 Å². The molecule has 0 heterocycles. The van der Waals surface area contributed by atoms with Crippen LogP contribution in [0.25, 0.3) is 0 Å². The molecule has 0 saturated heterocycles. The highest BCUT2D eigenvalue weighted by molar-refractivity contribution is 6.39. The highest BCUT2D eigenvalue weighted by Crippen LogP contribution is 2.61. The summed E-state index contributed by atoms with van der Waals surface area (Å²) in [6.45, 7) is 4.55. The number of hydrogen-bond acceptors (Lipinski definition) is 2. The third kappa shape index (κ3) is 1.23. The number of carbonyl (C=O) groups is 2. The molecule has 0 amide bonds. The van der Waals surface area contributed by atoms with E-state index in [4.69, 9.17) is 0 Å². The number of hydrogen-bond donors (Lipinski definition) is 0. The molecule has 0 aromatic rings. The van der Waals surface area contributed by atoms with Crippen LogP contribution in [0.5, 0.6) is 0 Å². The molecular formula is C13H18O2. The lowest BCUT2D eigenvalue weighted by Crippen LogP contribution is -2.42. The minimum Gasteiger partial charge on any atom is -0.291 e. The van der Waals surface area contributed by atoms with E-state index < -0.39 is 0 Å². The van der Waals surface area contributed by atoms with Crippen molar-refractivity contribution in [2.75, 3.05) is 0 Å². The Balaban J connectivity index is 2.11. The van der Waals surface area contributed by atoms with Crippen LogP contribution in [-0.4, -0.2) is 11.6 Å². The lowest BCUT2D eigenvalue weighted by molar-refractivity contribution is -0.140. The van der Waals surface area contributed by atoms with Gasteiger partial charge < -0.3 is 0 Å². The fourth-order valence-corrected chi connectivity index (χ4v) is 4.78. The number of carbonyl (C=O) groups excluding carboxylic acids is 2. The second-order valence-electron chi connectivity index (χ2n) is 6.74. The monoisotopic (exact) mass is 206 g/mol. The number of Topliss-reactive ketones (excluding diaryl/α,β-unsaturated/α-hetero) is 2. The Bertz CT molecular complexity index is 310. The Kier molecular flexibility index (Phi) is 1.61. The first-order valence-corrected chi connectivity index (χ1v) is 5.99. The molecule has 4 fully saturated rings. The molecule has 0 unspecified atom stereocenters. The van der Waals surface area contributed by atoms with Crippen molar-refractivity contribution >= 4 is 11.6 Å². The van der Waals surface area contributed by atoms with Crippen LogP contribution in [0.4, 0.5) is 0 Å². The standard InChI is InChI=1S/C13H18O2/c1-12-3-8-5-13(2,7-12)6-9(4-12)11(15)10(8)14/h8-9H,3-7H2,1-2H3. The fourth-order valence-electron chi connectivity index (χ4n) is 4.78. The topological polar surface area (TPSA) is 34.1 Å². The van der Waals surface area contributed by atoms with Crippen LogP contribution in [0.15, 0.2) is 0 Å². The van der Waals surface area contributed by atoms with E-state index in [1.54, 1.807) is 0 Å². The van der Waals surface area contributed by atoms with E-state index in [-0.39, 0.29) is 34.2 Å². The van der Waals surface area contributed by atoms with Gasteiger partial charge in [0.05, 0.1) is 0 Å². The lowest BCUT2D eigenvalue weighted by atomic mass is 9.53. The minimum atomic E-state index is -0.0489. The zero-order valence-corrected chi connectivity index (χ0v) is 9.51. The first kappa shape index (κ1) is 9.56. The van der Waals surface area contributed by atoms with Gasteiger partial charge in [-0.25, -0.2) is 0 Å². The highest BCUT2D eigenvalue weighted by atomic mass is 16.2. The van der Waals surface area contributed by atoms with E-state index in [0.717, 1.165) is 25.7 Å². The van der Waals surface area contributed by atoms with Crippen LogP contribution in [0.3, 0.4) is 0 Å². The molecule has 2 nitrogen and oxygen atoms in total. The summed E-state index contributed by atoms with van der Waals surface area (Å²) in [4.78, 5) is 23.9. The number of fused-ring (bicyclic) bond motifs is 1. The molecule has 4 bridgehead atoms. The van der Waals surface area contributed by atoms with Gasteiger partial charge in [0.25, 0.3) is 0 Å². The van der Waals surface area contributed by atoms with Gasteiger partial charge >= 0.3 is 0 Å². The smallest absolute Gasteiger partial charge is 0.201 e. The molecule has 0 aromatic carbocycles. The summed E-state index contributed by atoms with van der Waals surface area (Å²) in [5.41, 5.74) is 0.533. The zero-order valence-electron chi connectivity index (χ0n) is 9.51. The van der Waals surface area contributed by atoms with Crippen LogP contribution in [0.1, 0.15) is 46.0 Å². The van der Waals surface area contributed by atoms with Gasteiger partial charge in [-0.2, -0.15) is 0 Å². The van der Waals surface area contributed by atoms with Crippen LogP contribution < -0.4 is 0 Å². The third-order valence-electron chi connectivity index (χ3n) is 4.79. The van der Waals surface area contributed by atoms with Crippen LogP contribution in [-0.2, 0) is 9.59 Å². The number of rotatable bonds is 0. The molecular weight excluding hydrogens is 188 g/mol. The zero-order chi connectivity index (χ0) is 10.8. The van der Waals surface area contributed by atoms with Crippen molar-refractivity contribution in [1.29, 1.82) is 0 Å². The molecule has 15 heavy (non-hydrogen) atoms. The molecule has 2 heteroatoms. The largest absolute Gasteiger partial charge is 0.291 e. The second-order valence-corrected chi connectivity index (χ2v) is 6.74. The Morgan fingerprint density at radius 2 is 1.20 bits per heavy atom. The van der Waals surface area contributed by atoms with Crippen molar-refractivity contribution in [1.82, 2.24) is 0 Å². The molecule has 0 aromatic heterocycles. The van der Waals surface area contributed by atoms with Crippen molar-refractivity contribution in [3.8, 4) is 0 Å². The predicted molar refractivity (Wildman–Crippen MR) is 56.3 cm³/mol. The summed E-state index contributed by atoms with van der Waals surface area (Å²) >= 11 is 0. The molecule has 4 rings (SSSR count). The summed E-state index contributed by atoms with van der Waals surface area (Å²) in [6, 6.07) is 0. The molecule has 0 spiro atoms. The van der Waals surface area contributed by atoms with E-state index in [1.165, 1.54) is 6.42 Å². The first-order valence-electron chi connectivity index (χ1n) is 5.99. The van der Waals surface area contributed by atoms with Gasteiger partial charge in [0, 0.05) is 11.8 Å². The van der Waals surface area contributed by atoms with E-state index in [0.29, 0.717) is 0 Å². The van der Waals surface area contributed by atoms with Crippen molar-refractivity contribution in [2.45, 2.75) is 46.0 Å². The summed E-state index contributed by atoms with van der Waals surface area (Å²) in [7, 11) is 0. The van der Waals surface area contributed by atoms with Crippen LogP contribution in [0.2, 0.25) is 0 Å². The van der Waals surface area contributed by atoms with Crippen LogP contribution >= 0.6 is 0 Å². The van der Waals surface area contributed by atoms with E-state index >= 15 is 0 Å². The molecule has 0 atom stereocenters. The van der Waals surface area contributed by atoms with Gasteiger partial charge in [0.2, 0.25) is 11.6 Å². The Labute approximate surface area is 90.4 Å². The van der Waals surface area contributed by atoms with Gasteiger partial charge in [0.15, 0.2) is 0 Å². The van der Waals surface area contributed by atoms with Gasteiger partial charge in [-0.05, 0) is 42.9 Å². The molecule has 0 aliphatic heterocycles. The fraction of sp³-hybridized carbons (Fsp3) is 0.846. The van der Waals surface area contributed by atoms with Crippen molar-refractivity contribution in [3.05, 3.63) is 0 Å². The average molecular weight is 206 g/mol. The molecule has 82 valence electrons. The maximum Gasteiger partial charge on any atom is 0.201 e. The summed E-state index contributed by atoms with van der Waals surface area (Å²) in [6.07, 6.45) is 5.06. The summed E-state index contributed by atoms with van der Waals surface area (Å²) in [5.74, 6) is 0.00167. The molecule has 4 aliphatic rings. The highest BCUT2D eigenvalue weighted by Gasteiger charge is 2.56. The van der Waals surface area contributed by atoms with E-state index in [1.807, 2.05) is 0 Å². The van der Waals surface area contributed by atoms with Crippen molar-refractivity contribution < 1.29 is 9.59 Å². The van der Waals surface area contributed by atoms with Gasteiger partial charge in [-0.1, -0.05) is 13.8 Å². The second kappa shape index (κ2) is 2.53. The molecule has 0 radical (unpaired) electrons. The van der Waals surface area contributed by atoms with Gasteiger partial charge in [-0.15, -0.1) is 0 Å². The van der Waals surface area contributed by atoms with Gasteiger partial charge in [-0.3, -0.25) is 9.59 Å². The Morgan fingerprint density at radius 1 is 0.867 bits per heavy atom. The van der Waals surface area contributed by atoms with E-state index in [9.17, 15) is 9.59 Å². The van der Waals surface area contributed by atoms with Crippen LogP contribution in [0, 0.1) is 22.7 Å². The predicted octanol–water partition coefficient (Wildman–Crippen LogP) is 2.36. The summed E-state index contributed by atoms with van der Waals surface area (Å²) in [5, 5.41) is 0.